The Labute approximate surface area is 72.6 Å². The highest BCUT2D eigenvalue weighted by Gasteiger charge is 2.36. The highest BCUT2D eigenvalue weighted by Crippen LogP contribution is 2.08. The molecule has 8 nitrogen and oxygen atoms in total. The summed E-state index contributed by atoms with van der Waals surface area (Å²) in [6, 6.07) is -2.17. The van der Waals surface area contributed by atoms with Gasteiger partial charge in [0.15, 0.2) is 12.2 Å². The molecule has 0 saturated heterocycles. The van der Waals surface area contributed by atoms with E-state index in [1.807, 2.05) is 5.32 Å². The highest BCUT2D eigenvalue weighted by atomic mass is 16.5. The lowest BCUT2D eigenvalue weighted by molar-refractivity contribution is -0.142. The van der Waals surface area contributed by atoms with E-state index in [-0.39, 0.29) is 0 Å². The van der Waals surface area contributed by atoms with Gasteiger partial charge in [-0.25, -0.2) is 14.7 Å². The number of carboxylic acids is 1. The minimum absolute atomic E-state index is 0.476. The minimum atomic E-state index is -1.26. The van der Waals surface area contributed by atoms with Crippen molar-refractivity contribution in [3.05, 3.63) is 0 Å². The molecular formula is C5H8N4O4. The normalized spacial score (nSPS) is 26.1. The van der Waals surface area contributed by atoms with Gasteiger partial charge in [-0.3, -0.25) is 10.2 Å². The van der Waals surface area contributed by atoms with E-state index in [9.17, 15) is 9.59 Å². The third-order valence-corrected chi connectivity index (χ3v) is 1.47. The second-order valence-electron chi connectivity index (χ2n) is 2.38. The van der Waals surface area contributed by atoms with Crippen LogP contribution in [0.4, 0.5) is 4.79 Å². The first kappa shape index (κ1) is 9.26. The zero-order chi connectivity index (χ0) is 10.0. The minimum Gasteiger partial charge on any atom is -0.480 e. The standard InChI is InChI=1S/C5H8N4O4/c6-5(12)8-3-2(4(10)11)7-1-9(3)13/h1-3,13H,(H,10,11)(H3,6,8,12). The maximum Gasteiger partial charge on any atom is 0.332 e. The van der Waals surface area contributed by atoms with Crippen LogP contribution in [0, 0.1) is 0 Å². The molecule has 13 heavy (non-hydrogen) atoms. The smallest absolute Gasteiger partial charge is 0.332 e. The molecule has 2 unspecified atom stereocenters. The Morgan fingerprint density at radius 3 is 2.69 bits per heavy atom. The highest BCUT2D eigenvalue weighted by molar-refractivity contribution is 5.81. The molecule has 0 aromatic carbocycles. The lowest BCUT2D eigenvalue weighted by Gasteiger charge is -2.20. The van der Waals surface area contributed by atoms with Crippen molar-refractivity contribution in [3.8, 4) is 0 Å². The van der Waals surface area contributed by atoms with Crippen LogP contribution in [0.5, 0.6) is 0 Å². The fourth-order valence-electron chi connectivity index (χ4n) is 0.928. The van der Waals surface area contributed by atoms with Gasteiger partial charge in [-0.15, -0.1) is 0 Å². The van der Waals surface area contributed by atoms with Crippen molar-refractivity contribution < 1.29 is 19.9 Å². The van der Waals surface area contributed by atoms with Crippen LogP contribution >= 0.6 is 0 Å². The number of nitrogens with zero attached hydrogens (tertiary/aromatic N) is 2. The molecule has 1 aliphatic rings. The summed E-state index contributed by atoms with van der Waals surface area (Å²) in [5.74, 6) is -1.26. The molecule has 2 amide bonds. The Hall–Kier alpha value is -1.83. The molecule has 0 saturated carbocycles. The number of carboxylic acid groups (broad SMARTS) is 1. The predicted octanol–water partition coefficient (Wildman–Crippen LogP) is -1.83. The zero-order valence-corrected chi connectivity index (χ0v) is 6.41. The summed E-state index contributed by atoms with van der Waals surface area (Å²) in [4.78, 5) is 24.3. The van der Waals surface area contributed by atoms with Crippen molar-refractivity contribution in [2.45, 2.75) is 12.2 Å². The second kappa shape index (κ2) is 3.27. The number of amides is 2. The van der Waals surface area contributed by atoms with Gasteiger partial charge in [-0.2, -0.15) is 0 Å². The molecule has 0 aromatic heterocycles. The lowest BCUT2D eigenvalue weighted by Crippen LogP contribution is -2.52. The maximum absolute atomic E-state index is 10.5. The van der Waals surface area contributed by atoms with Gasteiger partial charge >= 0.3 is 12.0 Å². The number of carbonyl (C=O) groups excluding carboxylic acids is 1. The first-order chi connectivity index (χ1) is 6.02. The SMILES string of the molecule is NC(=O)NC1C(C(=O)O)N=CN1O. The van der Waals surface area contributed by atoms with Gasteiger partial charge in [-0.1, -0.05) is 0 Å². The molecule has 1 heterocycles. The van der Waals surface area contributed by atoms with E-state index in [0.717, 1.165) is 6.34 Å². The molecule has 0 spiro atoms. The van der Waals surface area contributed by atoms with Gasteiger partial charge in [0.2, 0.25) is 0 Å². The van der Waals surface area contributed by atoms with Crippen LogP contribution in [0.25, 0.3) is 0 Å². The molecule has 5 N–H and O–H groups in total. The van der Waals surface area contributed by atoms with Crippen molar-refractivity contribution >= 4 is 18.3 Å². The van der Waals surface area contributed by atoms with Crippen molar-refractivity contribution in [1.29, 1.82) is 0 Å². The molecular weight excluding hydrogens is 180 g/mol. The summed E-state index contributed by atoms with van der Waals surface area (Å²) in [6.07, 6.45) is -0.241. The molecule has 0 fully saturated rings. The number of primary amides is 1. The van der Waals surface area contributed by atoms with Gasteiger partial charge in [-0.05, 0) is 0 Å². The first-order valence-electron chi connectivity index (χ1n) is 3.31. The zero-order valence-electron chi connectivity index (χ0n) is 6.41. The number of nitrogens with one attached hydrogen (secondary N) is 1. The van der Waals surface area contributed by atoms with Crippen LogP contribution in [-0.2, 0) is 4.79 Å². The number of hydroxylamine groups is 2. The van der Waals surface area contributed by atoms with E-state index in [4.69, 9.17) is 16.0 Å². The van der Waals surface area contributed by atoms with E-state index in [2.05, 4.69) is 4.99 Å². The number of urea groups is 1. The van der Waals surface area contributed by atoms with Crippen molar-refractivity contribution in [3.63, 3.8) is 0 Å². The number of carbonyl (C=O) groups is 2. The van der Waals surface area contributed by atoms with E-state index in [0.29, 0.717) is 5.06 Å². The summed E-state index contributed by atoms with van der Waals surface area (Å²) in [6.45, 7) is 0. The van der Waals surface area contributed by atoms with Crippen molar-refractivity contribution in [2.24, 2.45) is 10.7 Å². The largest absolute Gasteiger partial charge is 0.480 e. The Morgan fingerprint density at radius 1 is 1.62 bits per heavy atom. The lowest BCUT2D eigenvalue weighted by atomic mass is 10.2. The third kappa shape index (κ3) is 1.85. The monoisotopic (exact) mass is 188 g/mol. The molecule has 1 aliphatic heterocycles. The fourth-order valence-corrected chi connectivity index (χ4v) is 0.928. The van der Waals surface area contributed by atoms with Gasteiger partial charge in [0, 0.05) is 0 Å². The second-order valence-corrected chi connectivity index (χ2v) is 2.38. The summed E-state index contributed by atoms with van der Waals surface area (Å²) in [5, 5.41) is 20.1. The van der Waals surface area contributed by atoms with Gasteiger partial charge < -0.3 is 16.2 Å². The Kier molecular flexibility index (Phi) is 2.33. The van der Waals surface area contributed by atoms with Gasteiger partial charge in [0.1, 0.15) is 6.34 Å². The molecule has 1 rings (SSSR count). The molecule has 8 heteroatoms. The number of aliphatic carboxylic acids is 1. The molecule has 2 atom stereocenters. The van der Waals surface area contributed by atoms with Gasteiger partial charge in [0.25, 0.3) is 0 Å². The number of hydrogen-bond acceptors (Lipinski definition) is 5. The summed E-state index contributed by atoms with van der Waals surface area (Å²) < 4.78 is 0. The number of aliphatic imine (C=N–C) groups is 1. The van der Waals surface area contributed by atoms with Crippen LogP contribution < -0.4 is 11.1 Å². The number of rotatable bonds is 2. The van der Waals surface area contributed by atoms with E-state index >= 15 is 0 Å². The summed E-state index contributed by atoms with van der Waals surface area (Å²) in [5.41, 5.74) is 4.76. The summed E-state index contributed by atoms with van der Waals surface area (Å²) >= 11 is 0. The van der Waals surface area contributed by atoms with Crippen LogP contribution in [-0.4, -0.2) is 45.9 Å². The van der Waals surface area contributed by atoms with Crippen LogP contribution in [0.2, 0.25) is 0 Å². The van der Waals surface area contributed by atoms with Crippen LogP contribution in [0.3, 0.4) is 0 Å². The van der Waals surface area contributed by atoms with Crippen LogP contribution in [0.15, 0.2) is 4.99 Å². The van der Waals surface area contributed by atoms with Crippen molar-refractivity contribution in [1.82, 2.24) is 10.4 Å². The third-order valence-electron chi connectivity index (χ3n) is 1.47. The van der Waals surface area contributed by atoms with Crippen molar-refractivity contribution in [2.75, 3.05) is 0 Å². The molecule has 0 aliphatic carbocycles. The molecule has 0 bridgehead atoms. The van der Waals surface area contributed by atoms with E-state index < -0.39 is 24.2 Å². The number of nitrogens with two attached hydrogens (primary N) is 1. The molecule has 72 valence electrons. The maximum atomic E-state index is 10.5. The topological polar surface area (TPSA) is 128 Å². The number of hydrogen-bond donors (Lipinski definition) is 4. The average molecular weight is 188 g/mol. The summed E-state index contributed by atoms with van der Waals surface area (Å²) in [7, 11) is 0. The first-order valence-corrected chi connectivity index (χ1v) is 3.31. The van der Waals surface area contributed by atoms with E-state index in [1.54, 1.807) is 0 Å². The average Bonchev–Trinajstić information content (AvgIpc) is 2.32. The quantitative estimate of drug-likeness (QED) is 0.405. The van der Waals surface area contributed by atoms with E-state index in [1.165, 1.54) is 0 Å². The molecule has 0 radical (unpaired) electrons. The Bertz CT molecular complexity index is 265. The van der Waals surface area contributed by atoms with Gasteiger partial charge in [0.05, 0.1) is 0 Å². The predicted molar refractivity (Wildman–Crippen MR) is 40.0 cm³/mol. The fraction of sp³-hybridized carbons (Fsp3) is 0.400. The molecule has 0 aromatic rings. The Morgan fingerprint density at radius 2 is 2.23 bits per heavy atom. The Balaban J connectivity index is 2.69. The van der Waals surface area contributed by atoms with Crippen LogP contribution in [0.1, 0.15) is 0 Å².